The standard InChI is InChI=1S/C58H35N5OS/c1-3-16-36(17-4-1)42-26-15-32-50-52(42)47-25-7-9-31-49(47)63(50)58-61-55(40-22-11-20-38(34-40)43-27-14-30-48-53(43)64-57(59-48)37-18-5-2-6-19-37)60-56(62-58)41-23-12-21-39(35-41)44-28-13-29-46-45-24-8-10-33-51(45)65-54(44)46/h1-35H. The monoisotopic (exact) mass is 849 g/mol. The van der Waals surface area contributed by atoms with Crippen molar-refractivity contribution in [3.63, 3.8) is 0 Å². The van der Waals surface area contributed by atoms with E-state index in [-0.39, 0.29) is 0 Å². The molecule has 9 aromatic carbocycles. The van der Waals surface area contributed by atoms with Gasteiger partial charge in [0, 0.05) is 53.2 Å². The van der Waals surface area contributed by atoms with E-state index in [1.54, 1.807) is 0 Å². The molecule has 4 heterocycles. The lowest BCUT2D eigenvalue weighted by Gasteiger charge is -2.13. The van der Waals surface area contributed by atoms with Gasteiger partial charge in [0.15, 0.2) is 17.2 Å². The lowest BCUT2D eigenvalue weighted by atomic mass is 9.99. The molecule has 65 heavy (non-hydrogen) atoms. The van der Waals surface area contributed by atoms with E-state index in [1.807, 2.05) is 53.8 Å². The molecule has 304 valence electrons. The summed E-state index contributed by atoms with van der Waals surface area (Å²) in [6, 6.07) is 73.9. The minimum absolute atomic E-state index is 0.536. The summed E-state index contributed by atoms with van der Waals surface area (Å²) in [6.45, 7) is 0. The molecule has 4 aromatic heterocycles. The van der Waals surface area contributed by atoms with E-state index in [0.717, 1.165) is 77.4 Å². The summed E-state index contributed by atoms with van der Waals surface area (Å²) in [5.74, 6) is 2.26. The zero-order chi connectivity index (χ0) is 42.8. The molecule has 0 bridgehead atoms. The summed E-state index contributed by atoms with van der Waals surface area (Å²) in [4.78, 5) is 20.9. The van der Waals surface area contributed by atoms with Gasteiger partial charge < -0.3 is 4.42 Å². The summed E-state index contributed by atoms with van der Waals surface area (Å²) in [5, 5.41) is 4.81. The van der Waals surface area contributed by atoms with Crippen molar-refractivity contribution >= 4 is 64.4 Å². The Morgan fingerprint density at radius 3 is 1.72 bits per heavy atom. The van der Waals surface area contributed by atoms with Crippen LogP contribution >= 0.6 is 11.3 Å². The van der Waals surface area contributed by atoms with Crippen molar-refractivity contribution in [2.24, 2.45) is 0 Å². The third-order valence-electron chi connectivity index (χ3n) is 12.3. The van der Waals surface area contributed by atoms with Crippen LogP contribution in [0.1, 0.15) is 0 Å². The van der Waals surface area contributed by atoms with Crippen LogP contribution in [0.4, 0.5) is 0 Å². The van der Waals surface area contributed by atoms with Crippen LogP contribution in [0.25, 0.3) is 127 Å². The highest BCUT2D eigenvalue weighted by atomic mass is 32.1. The Bertz CT molecular complexity index is 3960. The van der Waals surface area contributed by atoms with Crippen molar-refractivity contribution in [3.05, 3.63) is 212 Å². The van der Waals surface area contributed by atoms with Crippen LogP contribution in [0.2, 0.25) is 0 Å². The number of fused-ring (bicyclic) bond motifs is 7. The molecule has 0 fully saturated rings. The maximum atomic E-state index is 6.49. The lowest BCUT2D eigenvalue weighted by molar-refractivity contribution is 0.621. The van der Waals surface area contributed by atoms with Gasteiger partial charge in [-0.05, 0) is 76.3 Å². The summed E-state index contributed by atoms with van der Waals surface area (Å²) in [7, 11) is 0. The average molecular weight is 850 g/mol. The first-order valence-electron chi connectivity index (χ1n) is 21.6. The fourth-order valence-electron chi connectivity index (χ4n) is 9.32. The number of para-hydroxylation sites is 2. The number of aromatic nitrogens is 5. The van der Waals surface area contributed by atoms with Gasteiger partial charge in [-0.2, -0.15) is 9.97 Å². The van der Waals surface area contributed by atoms with Gasteiger partial charge in [0.25, 0.3) is 0 Å². The van der Waals surface area contributed by atoms with E-state index >= 15 is 0 Å². The van der Waals surface area contributed by atoms with Crippen molar-refractivity contribution in [1.82, 2.24) is 24.5 Å². The second kappa shape index (κ2) is 15.1. The molecule has 0 aliphatic carbocycles. The minimum Gasteiger partial charge on any atom is -0.435 e. The first kappa shape index (κ1) is 37.1. The SMILES string of the molecule is c1ccc(-c2nc3cccc(-c4cccc(-c5nc(-c6cccc(-c7cccc8c7sc7ccccc78)c6)nc(-n6c7ccccc7c7c(-c8ccccc8)cccc76)n5)c4)c3o2)cc1. The average Bonchev–Trinajstić information content (AvgIpc) is 4.09. The Balaban J connectivity index is 1.02. The van der Waals surface area contributed by atoms with E-state index < -0.39 is 0 Å². The molecule has 0 atom stereocenters. The molecular formula is C58H35N5OS. The number of nitrogens with zero attached hydrogens (tertiary/aromatic N) is 5. The Morgan fingerprint density at radius 2 is 0.938 bits per heavy atom. The minimum atomic E-state index is 0.536. The fraction of sp³-hybridized carbons (Fsp3) is 0. The molecule has 0 saturated heterocycles. The molecule has 0 N–H and O–H groups in total. The van der Waals surface area contributed by atoms with Gasteiger partial charge in [0.2, 0.25) is 11.8 Å². The van der Waals surface area contributed by atoms with Crippen molar-refractivity contribution < 1.29 is 4.42 Å². The third-order valence-corrected chi connectivity index (χ3v) is 13.5. The first-order chi connectivity index (χ1) is 32.2. The molecule has 0 spiro atoms. The van der Waals surface area contributed by atoms with Crippen LogP contribution in [-0.2, 0) is 0 Å². The summed E-state index contributed by atoms with van der Waals surface area (Å²) < 4.78 is 11.2. The Kier molecular flexibility index (Phi) is 8.60. The zero-order valence-electron chi connectivity index (χ0n) is 34.8. The quantitative estimate of drug-likeness (QED) is 0.160. The summed E-state index contributed by atoms with van der Waals surface area (Å²) in [6.07, 6.45) is 0. The van der Waals surface area contributed by atoms with E-state index in [9.17, 15) is 0 Å². The molecule has 0 unspecified atom stereocenters. The molecule has 0 aliphatic rings. The number of rotatable bonds is 7. The largest absolute Gasteiger partial charge is 0.435 e. The molecule has 0 aliphatic heterocycles. The highest BCUT2D eigenvalue weighted by Gasteiger charge is 2.21. The predicted octanol–water partition coefficient (Wildman–Crippen LogP) is 15.5. The number of thiophene rings is 1. The second-order valence-corrected chi connectivity index (χ2v) is 17.2. The van der Waals surface area contributed by atoms with Gasteiger partial charge in [0.1, 0.15) is 5.52 Å². The van der Waals surface area contributed by atoms with Crippen molar-refractivity contribution in [2.75, 3.05) is 0 Å². The maximum Gasteiger partial charge on any atom is 0.238 e. The van der Waals surface area contributed by atoms with E-state index in [0.29, 0.717) is 23.5 Å². The van der Waals surface area contributed by atoms with Crippen LogP contribution in [0, 0.1) is 0 Å². The van der Waals surface area contributed by atoms with Gasteiger partial charge in [-0.15, -0.1) is 11.3 Å². The van der Waals surface area contributed by atoms with E-state index in [4.69, 9.17) is 24.4 Å². The first-order valence-corrected chi connectivity index (χ1v) is 22.4. The van der Waals surface area contributed by atoms with Crippen LogP contribution < -0.4 is 0 Å². The molecule has 13 rings (SSSR count). The maximum absolute atomic E-state index is 6.49. The zero-order valence-corrected chi connectivity index (χ0v) is 35.6. The van der Waals surface area contributed by atoms with Crippen molar-refractivity contribution in [3.8, 4) is 73.6 Å². The Labute approximate surface area is 377 Å². The molecule has 13 aromatic rings. The topological polar surface area (TPSA) is 69.6 Å². The smallest absolute Gasteiger partial charge is 0.238 e. The number of hydrogen-bond donors (Lipinski definition) is 0. The second-order valence-electron chi connectivity index (χ2n) is 16.2. The van der Waals surface area contributed by atoms with Crippen molar-refractivity contribution in [1.29, 1.82) is 0 Å². The Hall–Kier alpha value is -8.52. The van der Waals surface area contributed by atoms with Gasteiger partial charge in [-0.3, -0.25) is 4.57 Å². The van der Waals surface area contributed by atoms with E-state index in [2.05, 4.69) is 174 Å². The molecular weight excluding hydrogens is 815 g/mol. The molecule has 0 radical (unpaired) electrons. The van der Waals surface area contributed by atoms with Gasteiger partial charge >= 0.3 is 0 Å². The summed E-state index contributed by atoms with van der Waals surface area (Å²) in [5.41, 5.74) is 12.7. The van der Waals surface area contributed by atoms with Gasteiger partial charge in [-0.1, -0.05) is 164 Å². The molecule has 0 saturated carbocycles. The van der Waals surface area contributed by atoms with E-state index in [1.165, 1.54) is 25.7 Å². The number of hydrogen-bond acceptors (Lipinski definition) is 6. The third kappa shape index (κ3) is 6.24. The van der Waals surface area contributed by atoms with Gasteiger partial charge in [-0.25, -0.2) is 9.97 Å². The fourth-order valence-corrected chi connectivity index (χ4v) is 10.6. The van der Waals surface area contributed by atoms with Crippen LogP contribution in [-0.4, -0.2) is 24.5 Å². The summed E-state index contributed by atoms with van der Waals surface area (Å²) >= 11 is 1.83. The molecule has 0 amide bonds. The normalized spacial score (nSPS) is 11.7. The Morgan fingerprint density at radius 1 is 0.385 bits per heavy atom. The highest BCUT2D eigenvalue weighted by Crippen LogP contribution is 2.42. The molecule has 6 nitrogen and oxygen atoms in total. The van der Waals surface area contributed by atoms with Gasteiger partial charge in [0.05, 0.1) is 11.0 Å². The number of oxazole rings is 1. The molecule has 7 heteroatoms. The number of benzene rings is 9. The van der Waals surface area contributed by atoms with Crippen LogP contribution in [0.3, 0.4) is 0 Å². The predicted molar refractivity (Wildman–Crippen MR) is 267 cm³/mol. The van der Waals surface area contributed by atoms with Crippen molar-refractivity contribution in [2.45, 2.75) is 0 Å². The van der Waals surface area contributed by atoms with Crippen LogP contribution in [0.5, 0.6) is 0 Å². The highest BCUT2D eigenvalue weighted by molar-refractivity contribution is 7.26. The van der Waals surface area contributed by atoms with Crippen LogP contribution in [0.15, 0.2) is 217 Å². The lowest BCUT2D eigenvalue weighted by Crippen LogP contribution is -2.06.